The smallest absolute Gasteiger partial charge is 0.273 e. The first kappa shape index (κ1) is 16.5. The molecule has 0 saturated heterocycles. The van der Waals surface area contributed by atoms with E-state index in [9.17, 15) is 9.59 Å². The van der Waals surface area contributed by atoms with Gasteiger partial charge in [0, 0.05) is 11.8 Å². The first-order chi connectivity index (χ1) is 11.6. The third kappa shape index (κ3) is 3.41. The number of fused-ring (bicyclic) bond motifs is 1. The van der Waals surface area contributed by atoms with Gasteiger partial charge in [0.05, 0.1) is 7.11 Å². The molecule has 24 heavy (non-hydrogen) atoms. The Hall–Kier alpha value is -2.39. The van der Waals surface area contributed by atoms with E-state index < -0.39 is 0 Å². The van der Waals surface area contributed by atoms with Gasteiger partial charge in [-0.15, -0.1) is 11.3 Å². The maximum Gasteiger partial charge on any atom is 0.273 e. The third-order valence-corrected chi connectivity index (χ3v) is 5.22. The van der Waals surface area contributed by atoms with Crippen molar-refractivity contribution in [2.24, 2.45) is 0 Å². The summed E-state index contributed by atoms with van der Waals surface area (Å²) < 4.78 is 7.61. The fraction of sp³-hybridized carbons (Fsp3) is 0.200. The van der Waals surface area contributed by atoms with E-state index in [4.69, 9.17) is 4.74 Å². The Labute approximate surface area is 145 Å². The van der Waals surface area contributed by atoms with Crippen molar-refractivity contribution < 1.29 is 9.53 Å². The van der Waals surface area contributed by atoms with Crippen molar-refractivity contribution in [2.45, 2.75) is 10.9 Å². The lowest BCUT2D eigenvalue weighted by molar-refractivity contribution is -0.116. The largest absolute Gasteiger partial charge is 0.497 e. The van der Waals surface area contributed by atoms with Crippen LogP contribution in [0.25, 0.3) is 10.3 Å². The fourth-order valence-corrected chi connectivity index (χ4v) is 3.55. The minimum Gasteiger partial charge on any atom is -0.497 e. The second kappa shape index (κ2) is 7.02. The van der Waals surface area contributed by atoms with E-state index in [1.54, 1.807) is 31.4 Å². The maximum atomic E-state index is 12.4. The number of ether oxygens (including phenoxy) is 1. The standard InChI is InChI=1S/C15H14N4O3S2/c1-22-10-5-3-4-9(6-10)17-11(20)7-19-8-16-13-12(14(19)21)24-15(18-13)23-2/h3-6,8H,7H2,1-2H3,(H,17,20). The molecule has 9 heteroatoms. The normalized spacial score (nSPS) is 10.8. The SMILES string of the molecule is COc1cccc(NC(=O)Cn2cnc3nc(SC)sc3c2=O)c1. The van der Waals surface area contributed by atoms with Gasteiger partial charge in [-0.3, -0.25) is 14.2 Å². The Kier molecular flexibility index (Phi) is 4.81. The number of rotatable bonds is 5. The van der Waals surface area contributed by atoms with E-state index in [1.165, 1.54) is 34.0 Å². The molecule has 0 aliphatic rings. The van der Waals surface area contributed by atoms with Crippen LogP contribution in [0.1, 0.15) is 0 Å². The molecule has 0 radical (unpaired) electrons. The highest BCUT2D eigenvalue weighted by atomic mass is 32.2. The summed E-state index contributed by atoms with van der Waals surface area (Å²) in [5.41, 5.74) is 0.751. The number of methoxy groups -OCH3 is 1. The first-order valence-corrected chi connectivity index (χ1v) is 8.98. The zero-order valence-corrected chi connectivity index (χ0v) is 14.6. The van der Waals surface area contributed by atoms with Crippen molar-refractivity contribution in [1.82, 2.24) is 14.5 Å². The molecule has 7 nitrogen and oxygen atoms in total. The summed E-state index contributed by atoms with van der Waals surface area (Å²) in [5, 5.41) is 2.73. The molecule has 0 unspecified atom stereocenters. The summed E-state index contributed by atoms with van der Waals surface area (Å²) in [6.45, 7) is -0.120. The van der Waals surface area contributed by atoms with Crippen molar-refractivity contribution in [2.75, 3.05) is 18.7 Å². The second-order valence-electron chi connectivity index (χ2n) is 4.79. The van der Waals surface area contributed by atoms with Gasteiger partial charge in [0.1, 0.15) is 23.3 Å². The summed E-state index contributed by atoms with van der Waals surface area (Å²) in [6.07, 6.45) is 3.23. The zero-order valence-electron chi connectivity index (χ0n) is 13.0. The summed E-state index contributed by atoms with van der Waals surface area (Å²) in [7, 11) is 1.55. The van der Waals surface area contributed by atoms with E-state index in [1.807, 2.05) is 6.26 Å². The molecule has 1 amide bonds. The molecule has 0 saturated carbocycles. The van der Waals surface area contributed by atoms with Crippen LogP contribution in [0.15, 0.2) is 39.7 Å². The van der Waals surface area contributed by atoms with Gasteiger partial charge in [-0.1, -0.05) is 17.8 Å². The monoisotopic (exact) mass is 362 g/mol. The van der Waals surface area contributed by atoms with Crippen LogP contribution in [0.3, 0.4) is 0 Å². The van der Waals surface area contributed by atoms with Gasteiger partial charge >= 0.3 is 0 Å². The Balaban J connectivity index is 1.80. The highest BCUT2D eigenvalue weighted by molar-refractivity contribution is 8.00. The molecule has 3 rings (SSSR count). The summed E-state index contributed by atoms with van der Waals surface area (Å²) >= 11 is 2.74. The van der Waals surface area contributed by atoms with Crippen LogP contribution >= 0.6 is 23.1 Å². The van der Waals surface area contributed by atoms with Crippen molar-refractivity contribution >= 4 is 45.0 Å². The molecule has 0 atom stereocenters. The lowest BCUT2D eigenvalue weighted by Gasteiger charge is -2.08. The molecule has 3 aromatic rings. The Morgan fingerprint density at radius 2 is 2.29 bits per heavy atom. The van der Waals surface area contributed by atoms with Crippen LogP contribution in [0.2, 0.25) is 0 Å². The lowest BCUT2D eigenvalue weighted by Crippen LogP contribution is -2.27. The Morgan fingerprint density at radius 1 is 1.46 bits per heavy atom. The minimum atomic E-state index is -0.318. The van der Waals surface area contributed by atoms with E-state index in [0.717, 1.165) is 4.34 Å². The number of aromatic nitrogens is 3. The van der Waals surface area contributed by atoms with Crippen LogP contribution in [-0.4, -0.2) is 33.8 Å². The van der Waals surface area contributed by atoms with Gasteiger partial charge in [0.2, 0.25) is 5.91 Å². The van der Waals surface area contributed by atoms with E-state index in [2.05, 4.69) is 15.3 Å². The number of carbonyl (C=O) groups excluding carboxylic acids is 1. The second-order valence-corrected chi connectivity index (χ2v) is 6.85. The third-order valence-electron chi connectivity index (χ3n) is 3.21. The molecule has 0 fully saturated rings. The maximum absolute atomic E-state index is 12.4. The first-order valence-electron chi connectivity index (χ1n) is 6.94. The molecule has 1 N–H and O–H groups in total. The number of hydrogen-bond acceptors (Lipinski definition) is 7. The van der Waals surface area contributed by atoms with Crippen LogP contribution < -0.4 is 15.6 Å². The number of thioether (sulfide) groups is 1. The molecule has 0 spiro atoms. The summed E-state index contributed by atoms with van der Waals surface area (Å²) in [5.74, 6) is 0.323. The van der Waals surface area contributed by atoms with Gasteiger partial charge < -0.3 is 10.1 Å². The molecule has 0 aliphatic carbocycles. The number of anilines is 1. The number of nitrogens with one attached hydrogen (secondary N) is 1. The predicted octanol–water partition coefficient (Wildman–Crippen LogP) is 2.22. The van der Waals surface area contributed by atoms with Crippen molar-refractivity contribution in [1.29, 1.82) is 0 Å². The molecule has 0 aliphatic heterocycles. The Morgan fingerprint density at radius 3 is 3.04 bits per heavy atom. The zero-order chi connectivity index (χ0) is 17.1. The van der Waals surface area contributed by atoms with E-state index in [0.29, 0.717) is 21.8 Å². The number of thiazole rings is 1. The average Bonchev–Trinajstić information content (AvgIpc) is 3.02. The number of nitrogens with zero attached hydrogens (tertiary/aromatic N) is 3. The Bertz CT molecular complexity index is 951. The van der Waals surface area contributed by atoms with Crippen molar-refractivity contribution in [3.63, 3.8) is 0 Å². The van der Waals surface area contributed by atoms with Crippen molar-refractivity contribution in [3.05, 3.63) is 40.9 Å². The highest BCUT2D eigenvalue weighted by Gasteiger charge is 2.12. The molecule has 1 aromatic carbocycles. The predicted molar refractivity (Wildman–Crippen MR) is 95.1 cm³/mol. The average molecular weight is 362 g/mol. The number of benzene rings is 1. The summed E-state index contributed by atoms with van der Waals surface area (Å²) in [4.78, 5) is 33.0. The number of carbonyl (C=O) groups is 1. The van der Waals surface area contributed by atoms with Gasteiger partial charge in [-0.25, -0.2) is 9.97 Å². The van der Waals surface area contributed by atoms with E-state index in [-0.39, 0.29) is 18.0 Å². The fourth-order valence-electron chi connectivity index (χ4n) is 2.08. The molecule has 124 valence electrons. The van der Waals surface area contributed by atoms with Gasteiger partial charge in [-0.2, -0.15) is 0 Å². The van der Waals surface area contributed by atoms with Crippen LogP contribution in [0.4, 0.5) is 5.69 Å². The highest BCUT2D eigenvalue weighted by Crippen LogP contribution is 2.24. The van der Waals surface area contributed by atoms with Crippen LogP contribution in [0, 0.1) is 0 Å². The molecular formula is C15H14N4O3S2. The number of amides is 1. The van der Waals surface area contributed by atoms with E-state index >= 15 is 0 Å². The summed E-state index contributed by atoms with van der Waals surface area (Å²) in [6, 6.07) is 7.01. The molecule has 2 heterocycles. The van der Waals surface area contributed by atoms with Gasteiger partial charge in [0.25, 0.3) is 5.56 Å². The van der Waals surface area contributed by atoms with Crippen molar-refractivity contribution in [3.8, 4) is 5.75 Å². The topological polar surface area (TPSA) is 86.1 Å². The lowest BCUT2D eigenvalue weighted by atomic mass is 10.3. The molecule has 2 aromatic heterocycles. The molecular weight excluding hydrogens is 348 g/mol. The molecule has 0 bridgehead atoms. The number of hydrogen-bond donors (Lipinski definition) is 1. The van der Waals surface area contributed by atoms with Gasteiger partial charge in [0.15, 0.2) is 9.99 Å². The van der Waals surface area contributed by atoms with Crippen LogP contribution in [-0.2, 0) is 11.3 Å². The van der Waals surface area contributed by atoms with Crippen LogP contribution in [0.5, 0.6) is 5.75 Å². The minimum absolute atomic E-state index is 0.120. The quantitative estimate of drug-likeness (QED) is 0.701. The van der Waals surface area contributed by atoms with Gasteiger partial charge in [-0.05, 0) is 18.4 Å².